The van der Waals surface area contributed by atoms with E-state index in [9.17, 15) is 0 Å². The average molecular weight is 535 g/mol. The van der Waals surface area contributed by atoms with E-state index in [1.54, 1.807) is 7.11 Å². The topological polar surface area (TPSA) is 49.3 Å². The minimum Gasteiger partial charge on any atom is -0.497 e. The van der Waals surface area contributed by atoms with E-state index in [2.05, 4.69) is 57.0 Å². The lowest BCUT2D eigenvalue weighted by Crippen LogP contribution is -2.55. The van der Waals surface area contributed by atoms with Gasteiger partial charge in [0.2, 0.25) is 0 Å². The van der Waals surface area contributed by atoms with Crippen molar-refractivity contribution in [1.29, 1.82) is 0 Å². The molecule has 8 heteroatoms. The van der Waals surface area contributed by atoms with Crippen LogP contribution in [-0.2, 0) is 4.74 Å². The Morgan fingerprint density at radius 2 is 1.97 bits per heavy atom. The van der Waals surface area contributed by atoms with Crippen molar-refractivity contribution in [2.24, 2.45) is 4.99 Å². The van der Waals surface area contributed by atoms with Crippen molar-refractivity contribution < 1.29 is 9.47 Å². The predicted molar refractivity (Wildman–Crippen MR) is 134 cm³/mol. The highest BCUT2D eigenvalue weighted by molar-refractivity contribution is 14.0. The number of piperazine rings is 1. The van der Waals surface area contributed by atoms with Gasteiger partial charge in [-0.25, -0.2) is 0 Å². The van der Waals surface area contributed by atoms with Gasteiger partial charge in [-0.3, -0.25) is 4.99 Å². The second-order valence-electron chi connectivity index (χ2n) is 7.30. The van der Waals surface area contributed by atoms with Crippen LogP contribution in [-0.4, -0.2) is 81.5 Å². The zero-order valence-electron chi connectivity index (χ0n) is 17.9. The first kappa shape index (κ1) is 24.4. The molecule has 0 radical (unpaired) electrons. The van der Waals surface area contributed by atoms with Crippen LogP contribution in [0.25, 0.3) is 0 Å². The van der Waals surface area contributed by atoms with Crippen LogP contribution in [0.15, 0.2) is 29.3 Å². The van der Waals surface area contributed by atoms with Crippen molar-refractivity contribution in [3.05, 3.63) is 24.3 Å². The molecular weight excluding hydrogens is 499 g/mol. The number of hydrogen-bond acceptors (Lipinski definition) is 5. The van der Waals surface area contributed by atoms with Crippen LogP contribution >= 0.6 is 35.7 Å². The van der Waals surface area contributed by atoms with Gasteiger partial charge in [-0.2, -0.15) is 11.8 Å². The van der Waals surface area contributed by atoms with E-state index in [0.717, 1.165) is 76.2 Å². The molecule has 1 aromatic rings. The fraction of sp³-hybridized carbons (Fsp3) is 0.667. The summed E-state index contributed by atoms with van der Waals surface area (Å²) in [5, 5.41) is 3.67. The molecule has 3 rings (SSSR count). The molecule has 0 aliphatic carbocycles. The standard InChI is InChI=1S/C21H34N4O2S.HI/c1-4-28-21(8-14-27-15-9-21)17-23-20(22-2)25-12-10-24(11-13-25)18-6-5-7-19(16-18)26-3;/h5-7,16H,4,8-15,17H2,1-3H3,(H,22,23);1H. The molecular formula is C21H35IN4O2S. The summed E-state index contributed by atoms with van der Waals surface area (Å²) in [4.78, 5) is 9.36. The summed E-state index contributed by atoms with van der Waals surface area (Å²) in [7, 11) is 3.61. The predicted octanol–water partition coefficient (Wildman–Crippen LogP) is 3.31. The first-order valence-corrected chi connectivity index (χ1v) is 11.2. The van der Waals surface area contributed by atoms with Crippen molar-refractivity contribution in [3.8, 4) is 5.75 Å². The number of nitrogens with one attached hydrogen (secondary N) is 1. The number of anilines is 1. The molecule has 0 saturated carbocycles. The molecule has 2 heterocycles. The van der Waals surface area contributed by atoms with Gasteiger partial charge in [-0.1, -0.05) is 13.0 Å². The molecule has 29 heavy (non-hydrogen) atoms. The molecule has 1 aromatic carbocycles. The molecule has 1 N–H and O–H groups in total. The van der Waals surface area contributed by atoms with Crippen LogP contribution < -0.4 is 15.0 Å². The Balaban J connectivity index is 0.00000300. The van der Waals surface area contributed by atoms with E-state index < -0.39 is 0 Å². The van der Waals surface area contributed by atoms with E-state index >= 15 is 0 Å². The minimum absolute atomic E-state index is 0. The lowest BCUT2D eigenvalue weighted by atomic mass is 9.99. The van der Waals surface area contributed by atoms with Gasteiger partial charge < -0.3 is 24.6 Å². The van der Waals surface area contributed by atoms with Crippen molar-refractivity contribution >= 4 is 47.4 Å². The van der Waals surface area contributed by atoms with E-state index in [0.29, 0.717) is 0 Å². The summed E-state index contributed by atoms with van der Waals surface area (Å²) in [5.74, 6) is 3.07. The Bertz CT molecular complexity index is 642. The quantitative estimate of drug-likeness (QED) is 0.344. The number of methoxy groups -OCH3 is 1. The first-order chi connectivity index (χ1) is 13.7. The molecule has 0 atom stereocenters. The Labute approximate surface area is 196 Å². The number of aliphatic imine (C=N–C) groups is 1. The van der Waals surface area contributed by atoms with Gasteiger partial charge in [0.25, 0.3) is 0 Å². The van der Waals surface area contributed by atoms with Crippen molar-refractivity contribution in [1.82, 2.24) is 10.2 Å². The number of hydrogen-bond donors (Lipinski definition) is 1. The summed E-state index contributed by atoms with van der Waals surface area (Å²) in [5.41, 5.74) is 1.22. The Kier molecular flexibility index (Phi) is 10.2. The van der Waals surface area contributed by atoms with E-state index in [-0.39, 0.29) is 28.7 Å². The molecule has 0 spiro atoms. The molecule has 2 fully saturated rings. The molecule has 0 amide bonds. The maximum Gasteiger partial charge on any atom is 0.193 e. The molecule has 6 nitrogen and oxygen atoms in total. The highest BCUT2D eigenvalue weighted by Crippen LogP contribution is 2.34. The summed E-state index contributed by atoms with van der Waals surface area (Å²) in [6.45, 7) is 8.83. The number of halogens is 1. The number of ether oxygens (including phenoxy) is 2. The average Bonchev–Trinajstić information content (AvgIpc) is 2.75. The van der Waals surface area contributed by atoms with E-state index in [4.69, 9.17) is 9.47 Å². The van der Waals surface area contributed by atoms with E-state index in [1.165, 1.54) is 5.69 Å². The molecule has 0 aromatic heterocycles. The van der Waals surface area contributed by atoms with Crippen LogP contribution in [0.4, 0.5) is 5.69 Å². The third-order valence-electron chi connectivity index (χ3n) is 5.63. The van der Waals surface area contributed by atoms with Gasteiger partial charge in [0.1, 0.15) is 5.75 Å². The zero-order chi connectivity index (χ0) is 19.8. The largest absolute Gasteiger partial charge is 0.497 e. The number of thioether (sulfide) groups is 1. The Morgan fingerprint density at radius 3 is 2.59 bits per heavy atom. The molecule has 2 aliphatic rings. The van der Waals surface area contributed by atoms with Gasteiger partial charge in [0.05, 0.1) is 7.11 Å². The summed E-state index contributed by atoms with van der Waals surface area (Å²) >= 11 is 2.06. The second-order valence-corrected chi connectivity index (χ2v) is 9.04. The Hall–Kier alpha value is -0.870. The lowest BCUT2D eigenvalue weighted by molar-refractivity contribution is 0.0780. The SMILES string of the molecule is CCSC1(CNC(=NC)N2CCN(c3cccc(OC)c3)CC2)CCOCC1.I. The lowest BCUT2D eigenvalue weighted by Gasteiger charge is -2.40. The minimum atomic E-state index is 0. The number of guanidine groups is 1. The van der Waals surface area contributed by atoms with Gasteiger partial charge in [-0.15, -0.1) is 24.0 Å². The number of rotatable bonds is 6. The highest BCUT2D eigenvalue weighted by Gasteiger charge is 2.33. The third kappa shape index (κ3) is 6.55. The van der Waals surface area contributed by atoms with Crippen LogP contribution in [0, 0.1) is 0 Å². The molecule has 0 unspecified atom stereocenters. The van der Waals surface area contributed by atoms with Crippen molar-refractivity contribution in [3.63, 3.8) is 0 Å². The normalized spacial score (nSPS) is 19.5. The van der Waals surface area contributed by atoms with Gasteiger partial charge >= 0.3 is 0 Å². The van der Waals surface area contributed by atoms with E-state index in [1.807, 2.05) is 13.1 Å². The molecule has 2 saturated heterocycles. The monoisotopic (exact) mass is 534 g/mol. The number of benzene rings is 1. The fourth-order valence-electron chi connectivity index (χ4n) is 3.98. The maximum atomic E-state index is 5.59. The first-order valence-electron chi connectivity index (χ1n) is 10.3. The molecule has 164 valence electrons. The number of nitrogens with zero attached hydrogens (tertiary/aromatic N) is 3. The zero-order valence-corrected chi connectivity index (χ0v) is 21.0. The van der Waals surface area contributed by atoms with Crippen LogP contribution in [0.1, 0.15) is 19.8 Å². The molecule has 2 aliphatic heterocycles. The highest BCUT2D eigenvalue weighted by atomic mass is 127. The van der Waals surface area contributed by atoms with Crippen molar-refractivity contribution in [2.75, 3.05) is 70.7 Å². The summed E-state index contributed by atoms with van der Waals surface area (Å²) in [6, 6.07) is 8.31. The van der Waals surface area contributed by atoms with Crippen LogP contribution in [0.3, 0.4) is 0 Å². The summed E-state index contributed by atoms with van der Waals surface area (Å²) < 4.78 is 11.2. The Morgan fingerprint density at radius 1 is 1.24 bits per heavy atom. The fourth-order valence-corrected chi connectivity index (χ4v) is 5.22. The van der Waals surface area contributed by atoms with Gasteiger partial charge in [-0.05, 0) is 30.7 Å². The van der Waals surface area contributed by atoms with Gasteiger partial charge in [0, 0.05) is 69.5 Å². The summed E-state index contributed by atoms with van der Waals surface area (Å²) in [6.07, 6.45) is 2.22. The van der Waals surface area contributed by atoms with Crippen LogP contribution in [0.2, 0.25) is 0 Å². The van der Waals surface area contributed by atoms with Gasteiger partial charge in [0.15, 0.2) is 5.96 Å². The van der Waals surface area contributed by atoms with Crippen molar-refractivity contribution in [2.45, 2.75) is 24.5 Å². The third-order valence-corrected chi connectivity index (χ3v) is 7.09. The smallest absolute Gasteiger partial charge is 0.193 e. The van der Waals surface area contributed by atoms with Crippen LogP contribution in [0.5, 0.6) is 5.75 Å². The maximum absolute atomic E-state index is 5.59. The molecule has 0 bridgehead atoms. The second kappa shape index (κ2) is 12.1.